The summed E-state index contributed by atoms with van der Waals surface area (Å²) in [6.45, 7) is 26.8. The second-order valence-corrected chi connectivity index (χ2v) is 14.8. The quantitative estimate of drug-likeness (QED) is 0.198. The molecular weight excluding hydrogens is 733 g/mol. The molecule has 2 atom stereocenters. The van der Waals surface area contributed by atoms with Gasteiger partial charge in [0.1, 0.15) is 0 Å². The Kier molecular flexibility index (Phi) is 13.1. The number of aryl methyl sites for hydroxylation is 7. The molecule has 0 amide bonds. The number of rotatable bonds is 5. The maximum absolute atomic E-state index is 9.76. The molecule has 0 saturated heterocycles. The van der Waals surface area contributed by atoms with E-state index in [9.17, 15) is 10.2 Å². The van der Waals surface area contributed by atoms with Gasteiger partial charge in [0, 0.05) is 44.0 Å². The fraction of sp³-hybridized carbons (Fsp3) is 0.450. The van der Waals surface area contributed by atoms with E-state index in [2.05, 4.69) is 97.0 Å². The largest absolute Gasteiger partial charge is 0.392 e. The van der Waals surface area contributed by atoms with Crippen LogP contribution in [0.3, 0.4) is 0 Å². The average Bonchev–Trinajstić information content (AvgIpc) is 2.88. The van der Waals surface area contributed by atoms with E-state index in [1.165, 1.54) is 33.4 Å². The molecular formula is C40H53IrN2O2-. The van der Waals surface area contributed by atoms with Gasteiger partial charge in [0.25, 0.3) is 0 Å². The maximum atomic E-state index is 9.76. The molecule has 0 bridgehead atoms. The molecule has 0 fully saturated rings. The topological polar surface area (TPSA) is 66.2 Å². The number of aliphatic hydroxyl groups excluding tert-OH is 2. The van der Waals surface area contributed by atoms with Crippen molar-refractivity contribution in [3.63, 3.8) is 0 Å². The van der Waals surface area contributed by atoms with Crippen molar-refractivity contribution >= 4 is 0 Å². The van der Waals surface area contributed by atoms with E-state index in [0.717, 1.165) is 39.3 Å². The minimum absolute atomic E-state index is 0. The normalized spacial score (nSPS) is 13.0. The van der Waals surface area contributed by atoms with Crippen molar-refractivity contribution in [2.75, 3.05) is 0 Å². The van der Waals surface area contributed by atoms with Crippen LogP contribution in [0.1, 0.15) is 86.9 Å². The summed E-state index contributed by atoms with van der Waals surface area (Å²) in [5.74, 6) is 0. The minimum Gasteiger partial charge on any atom is -0.392 e. The molecule has 1 radical (unpaired) electrons. The molecule has 0 aliphatic rings. The van der Waals surface area contributed by atoms with E-state index in [0.29, 0.717) is 6.42 Å². The van der Waals surface area contributed by atoms with Crippen LogP contribution in [0.25, 0.3) is 33.8 Å². The fourth-order valence-corrected chi connectivity index (χ4v) is 5.21. The van der Waals surface area contributed by atoms with Gasteiger partial charge in [-0.25, -0.2) is 0 Å². The minimum atomic E-state index is -0.443. The third-order valence-electron chi connectivity index (χ3n) is 8.23. The molecule has 1 aromatic heterocycles. The van der Waals surface area contributed by atoms with Crippen molar-refractivity contribution in [3.8, 4) is 33.8 Å². The number of hydrogen-bond acceptors (Lipinski definition) is 4. The third-order valence-corrected chi connectivity index (χ3v) is 8.23. The summed E-state index contributed by atoms with van der Waals surface area (Å²) >= 11 is 0. The molecule has 0 saturated carbocycles. The van der Waals surface area contributed by atoms with Gasteiger partial charge < -0.3 is 15.2 Å². The van der Waals surface area contributed by atoms with Crippen LogP contribution in [0.15, 0.2) is 48.7 Å². The van der Waals surface area contributed by atoms with E-state index in [4.69, 9.17) is 9.97 Å². The second kappa shape index (κ2) is 15.3. The van der Waals surface area contributed by atoms with Crippen LogP contribution < -0.4 is 0 Å². The molecule has 0 spiro atoms. The zero-order valence-electron chi connectivity index (χ0n) is 29.6. The molecule has 245 valence electrons. The summed E-state index contributed by atoms with van der Waals surface area (Å²) in [4.78, 5) is 10.1. The number of nitrogens with zero attached hydrogens (tertiary/aromatic N) is 2. The number of hydrogen-bond donors (Lipinski definition) is 2. The van der Waals surface area contributed by atoms with Crippen LogP contribution in [0.4, 0.5) is 0 Å². The summed E-state index contributed by atoms with van der Waals surface area (Å²) in [7, 11) is 0. The van der Waals surface area contributed by atoms with Gasteiger partial charge in [-0.2, -0.15) is 0 Å². The molecule has 45 heavy (non-hydrogen) atoms. The molecule has 4 aromatic rings. The predicted molar refractivity (Wildman–Crippen MR) is 186 cm³/mol. The molecule has 0 aliphatic heterocycles. The van der Waals surface area contributed by atoms with E-state index in [1.54, 1.807) is 0 Å². The molecule has 4 rings (SSSR count). The summed E-state index contributed by atoms with van der Waals surface area (Å²) in [5.41, 5.74) is 14.1. The summed E-state index contributed by atoms with van der Waals surface area (Å²) < 4.78 is 0. The predicted octanol–water partition coefficient (Wildman–Crippen LogP) is 9.62. The van der Waals surface area contributed by atoms with Gasteiger partial charge in [0.2, 0.25) is 0 Å². The maximum Gasteiger partial charge on any atom is 0.0876 e. The van der Waals surface area contributed by atoms with Gasteiger partial charge in [-0.3, -0.25) is 4.98 Å². The van der Waals surface area contributed by atoms with Gasteiger partial charge in [-0.1, -0.05) is 90.8 Å². The van der Waals surface area contributed by atoms with E-state index in [1.807, 2.05) is 47.7 Å². The molecule has 5 heteroatoms. The number of benzene rings is 3. The van der Waals surface area contributed by atoms with Crippen LogP contribution in [0.2, 0.25) is 0 Å². The van der Waals surface area contributed by atoms with Gasteiger partial charge >= 0.3 is 0 Å². The van der Waals surface area contributed by atoms with E-state index >= 15 is 0 Å². The summed E-state index contributed by atoms with van der Waals surface area (Å²) in [6, 6.07) is 18.8. The van der Waals surface area contributed by atoms with Crippen LogP contribution >= 0.6 is 0 Å². The van der Waals surface area contributed by atoms with Gasteiger partial charge in [0.05, 0.1) is 23.6 Å². The van der Waals surface area contributed by atoms with Gasteiger partial charge in [-0.05, 0) is 73.8 Å². The Bertz CT molecular complexity index is 1550. The van der Waals surface area contributed by atoms with Crippen molar-refractivity contribution in [2.45, 2.75) is 109 Å². The molecule has 2 N–H and O–H groups in total. The fourth-order valence-electron chi connectivity index (χ4n) is 5.21. The van der Waals surface area contributed by atoms with Crippen LogP contribution in [0, 0.1) is 65.4 Å². The Balaban J connectivity index is 0.000000430. The average molecular weight is 786 g/mol. The third kappa shape index (κ3) is 10.4. The Labute approximate surface area is 286 Å². The van der Waals surface area contributed by atoms with Gasteiger partial charge in [-0.15, -0.1) is 34.9 Å². The second-order valence-electron chi connectivity index (χ2n) is 14.8. The van der Waals surface area contributed by atoms with Crippen molar-refractivity contribution in [2.24, 2.45) is 10.8 Å². The molecule has 0 aliphatic carbocycles. The first-order valence-corrected chi connectivity index (χ1v) is 15.7. The molecule has 4 nitrogen and oxygen atoms in total. The van der Waals surface area contributed by atoms with E-state index in [-0.39, 0.29) is 30.9 Å². The van der Waals surface area contributed by atoms with E-state index < -0.39 is 12.2 Å². The monoisotopic (exact) mass is 786 g/mol. The molecule has 3 aromatic carbocycles. The Morgan fingerprint density at radius 2 is 1.16 bits per heavy atom. The Morgan fingerprint density at radius 3 is 1.67 bits per heavy atom. The smallest absolute Gasteiger partial charge is 0.0876 e. The SMILES string of the molecule is CC(C)(C)C(O)CC(O)C(C)(C)C.Cc1[c-]c(-c2ncc(-c3cc(C)c(C)cc3C)nc2-c2cc(C)cc(C)c2)cc(C)c1.[Ir]. The summed E-state index contributed by atoms with van der Waals surface area (Å²) in [5, 5.41) is 19.5. The Hall–Kier alpha value is -2.69. The zero-order chi connectivity index (χ0) is 33.1. The Morgan fingerprint density at radius 1 is 0.644 bits per heavy atom. The number of aromatic nitrogens is 2. The van der Waals surface area contributed by atoms with Crippen molar-refractivity contribution in [1.82, 2.24) is 9.97 Å². The van der Waals surface area contributed by atoms with Crippen molar-refractivity contribution in [3.05, 3.63) is 93.7 Å². The van der Waals surface area contributed by atoms with Crippen molar-refractivity contribution in [1.29, 1.82) is 0 Å². The van der Waals surface area contributed by atoms with Crippen LogP contribution in [-0.4, -0.2) is 32.4 Å². The van der Waals surface area contributed by atoms with Crippen molar-refractivity contribution < 1.29 is 30.3 Å². The van der Waals surface area contributed by atoms with Crippen LogP contribution in [-0.2, 0) is 20.1 Å². The standard InChI is InChI=1S/C29H29N2.C11H24O2.Ir/c1-17-8-18(2)11-24(10-17)28-29(25-12-19(3)9-20(4)13-25)31-27(16-30-28)26-15-22(6)21(5)14-23(26)7;1-10(2,3)8(12)7-9(13)11(4,5)6;/h8-10,12-16H,1-7H3;8-9,12-13H,7H2,1-6H3;/q-1;;. The zero-order valence-corrected chi connectivity index (χ0v) is 32.0. The summed E-state index contributed by atoms with van der Waals surface area (Å²) in [6.07, 6.45) is 1.47. The molecule has 2 unspecified atom stereocenters. The molecule has 1 heterocycles. The van der Waals surface area contributed by atoms with Gasteiger partial charge in [0.15, 0.2) is 0 Å². The first kappa shape index (κ1) is 38.5. The first-order valence-electron chi connectivity index (χ1n) is 15.7. The first-order chi connectivity index (χ1) is 20.3. The van der Waals surface area contributed by atoms with Crippen LogP contribution in [0.5, 0.6) is 0 Å². The number of aliphatic hydroxyl groups is 2.